The van der Waals surface area contributed by atoms with E-state index in [1.165, 1.54) is 10.6 Å². The van der Waals surface area contributed by atoms with Crippen LogP contribution in [0.3, 0.4) is 0 Å². The normalized spacial score (nSPS) is 11.0. The van der Waals surface area contributed by atoms with Gasteiger partial charge in [-0.1, -0.05) is 58.5 Å². The van der Waals surface area contributed by atoms with E-state index in [9.17, 15) is 4.79 Å². The van der Waals surface area contributed by atoms with E-state index in [0.29, 0.717) is 32.1 Å². The molecule has 0 N–H and O–H groups in total. The van der Waals surface area contributed by atoms with Crippen molar-refractivity contribution in [2.24, 2.45) is 7.05 Å². The molecule has 0 atom stereocenters. The van der Waals surface area contributed by atoms with Crippen molar-refractivity contribution in [2.45, 2.75) is 6.42 Å². The van der Waals surface area contributed by atoms with Gasteiger partial charge in [0, 0.05) is 25.9 Å². The van der Waals surface area contributed by atoms with Gasteiger partial charge in [0.2, 0.25) is 0 Å². The number of aromatic nitrogens is 2. The Kier molecular flexibility index (Phi) is 4.97. The predicted octanol–water partition coefficient (Wildman–Crippen LogP) is 5.38. The Morgan fingerprint density at radius 1 is 0.917 bits per heavy atom. The summed E-state index contributed by atoms with van der Waals surface area (Å²) in [6, 6.07) is 9.09. The highest BCUT2D eigenvalue weighted by atomic mass is 35.5. The summed E-state index contributed by atoms with van der Waals surface area (Å²) >= 11 is 24.6. The molecule has 3 nitrogen and oxygen atoms in total. The first-order valence-corrected chi connectivity index (χ1v) is 8.55. The average Bonchev–Trinajstić information content (AvgIpc) is 2.90. The molecular weight excluding hydrogens is 390 g/mol. The summed E-state index contributed by atoms with van der Waals surface area (Å²) in [6.07, 6.45) is 3.92. The number of rotatable bonds is 3. The van der Waals surface area contributed by atoms with Crippen LogP contribution < -0.4 is 5.69 Å². The van der Waals surface area contributed by atoms with Crippen LogP contribution in [0.15, 0.2) is 47.5 Å². The van der Waals surface area contributed by atoms with Crippen molar-refractivity contribution < 1.29 is 0 Å². The van der Waals surface area contributed by atoms with E-state index in [1.54, 1.807) is 24.0 Å². The van der Waals surface area contributed by atoms with Crippen molar-refractivity contribution in [3.05, 3.63) is 84.4 Å². The fraction of sp³-hybridized carbons (Fsp3) is 0.118. The van der Waals surface area contributed by atoms with Gasteiger partial charge in [0.15, 0.2) is 0 Å². The molecule has 7 heteroatoms. The minimum Gasteiger partial charge on any atom is -0.302 e. The van der Waals surface area contributed by atoms with Crippen LogP contribution in [-0.4, -0.2) is 9.13 Å². The Bertz CT molecular complexity index is 932. The van der Waals surface area contributed by atoms with E-state index < -0.39 is 0 Å². The Labute approximate surface area is 158 Å². The van der Waals surface area contributed by atoms with Crippen molar-refractivity contribution >= 4 is 46.4 Å². The van der Waals surface area contributed by atoms with Gasteiger partial charge in [0.25, 0.3) is 0 Å². The largest absolute Gasteiger partial charge is 0.332 e. The number of aryl methyl sites for hydroxylation is 1. The van der Waals surface area contributed by atoms with Gasteiger partial charge in [0.1, 0.15) is 0 Å². The third-order valence-electron chi connectivity index (χ3n) is 3.75. The third kappa shape index (κ3) is 3.22. The number of nitrogens with zero attached hydrogens (tertiary/aromatic N) is 2. The minimum atomic E-state index is -0.101. The van der Waals surface area contributed by atoms with Gasteiger partial charge in [-0.3, -0.25) is 4.57 Å². The molecule has 0 bridgehead atoms. The van der Waals surface area contributed by atoms with E-state index >= 15 is 0 Å². The summed E-state index contributed by atoms with van der Waals surface area (Å²) in [6.45, 7) is 0. The van der Waals surface area contributed by atoms with Gasteiger partial charge in [-0.2, -0.15) is 0 Å². The van der Waals surface area contributed by atoms with Crippen LogP contribution in [-0.2, 0) is 13.5 Å². The summed E-state index contributed by atoms with van der Waals surface area (Å²) in [4.78, 5) is 12.0. The molecule has 3 rings (SSSR count). The van der Waals surface area contributed by atoms with Crippen LogP contribution in [0.1, 0.15) is 11.1 Å². The lowest BCUT2D eigenvalue weighted by Crippen LogP contribution is -2.20. The minimum absolute atomic E-state index is 0.101. The van der Waals surface area contributed by atoms with E-state index in [0.717, 1.165) is 11.3 Å². The fourth-order valence-corrected chi connectivity index (χ4v) is 3.40. The molecule has 2 aromatic carbocycles. The molecule has 0 unspecified atom stereocenters. The SMILES string of the molecule is Cn1ccn(-c2ccc(Cc3c(Cl)c(Cl)cc(Cl)c3Cl)cc2)c1=O. The number of hydrogen-bond acceptors (Lipinski definition) is 1. The number of hydrogen-bond donors (Lipinski definition) is 0. The van der Waals surface area contributed by atoms with Crippen molar-refractivity contribution in [1.29, 1.82) is 0 Å². The highest BCUT2D eigenvalue weighted by molar-refractivity contribution is 6.48. The molecule has 0 spiro atoms. The summed E-state index contributed by atoms with van der Waals surface area (Å²) in [5, 5.41) is 1.53. The van der Waals surface area contributed by atoms with Gasteiger partial charge in [-0.25, -0.2) is 4.79 Å². The van der Waals surface area contributed by atoms with Crippen LogP contribution in [0.5, 0.6) is 0 Å². The van der Waals surface area contributed by atoms with Crippen molar-refractivity contribution in [3.63, 3.8) is 0 Å². The second-order valence-electron chi connectivity index (χ2n) is 5.35. The Morgan fingerprint density at radius 3 is 2.00 bits per heavy atom. The van der Waals surface area contributed by atoms with Gasteiger partial charge in [-0.15, -0.1) is 0 Å². The molecule has 24 heavy (non-hydrogen) atoms. The molecule has 0 fully saturated rings. The Balaban J connectivity index is 1.93. The zero-order valence-electron chi connectivity index (χ0n) is 12.6. The van der Waals surface area contributed by atoms with Crippen molar-refractivity contribution in [3.8, 4) is 5.69 Å². The van der Waals surface area contributed by atoms with Crippen LogP contribution in [0.2, 0.25) is 20.1 Å². The smallest absolute Gasteiger partial charge is 0.302 e. The second-order valence-corrected chi connectivity index (χ2v) is 6.92. The quantitative estimate of drug-likeness (QED) is 0.541. The fourth-order valence-electron chi connectivity index (χ4n) is 2.42. The van der Waals surface area contributed by atoms with Crippen LogP contribution in [0.25, 0.3) is 5.69 Å². The highest BCUT2D eigenvalue weighted by Gasteiger charge is 2.14. The standard InChI is InChI=1S/C17H12Cl4N2O/c1-22-6-7-23(17(22)24)11-4-2-10(3-5-11)8-12-15(20)13(18)9-14(19)16(12)21/h2-7,9H,8H2,1H3. The molecule has 0 saturated carbocycles. The lowest BCUT2D eigenvalue weighted by molar-refractivity contribution is 0.824. The van der Waals surface area contributed by atoms with E-state index in [4.69, 9.17) is 46.4 Å². The summed E-state index contributed by atoms with van der Waals surface area (Å²) in [7, 11) is 1.71. The molecule has 0 aliphatic rings. The summed E-state index contributed by atoms with van der Waals surface area (Å²) < 4.78 is 3.08. The van der Waals surface area contributed by atoms with Gasteiger partial charge < -0.3 is 4.57 Å². The molecule has 0 amide bonds. The molecule has 0 radical (unpaired) electrons. The van der Waals surface area contributed by atoms with Gasteiger partial charge in [-0.05, 0) is 29.3 Å². The zero-order valence-corrected chi connectivity index (χ0v) is 15.6. The first-order chi connectivity index (χ1) is 11.4. The molecule has 124 valence electrons. The Hall–Kier alpha value is -1.39. The predicted molar refractivity (Wildman–Crippen MR) is 100 cm³/mol. The first kappa shape index (κ1) is 17.4. The number of imidazole rings is 1. The van der Waals surface area contributed by atoms with Crippen molar-refractivity contribution in [2.75, 3.05) is 0 Å². The maximum atomic E-state index is 12.0. The molecule has 3 aromatic rings. The topological polar surface area (TPSA) is 26.9 Å². The summed E-state index contributed by atoms with van der Waals surface area (Å²) in [5.41, 5.74) is 2.34. The number of benzene rings is 2. The second kappa shape index (κ2) is 6.85. The van der Waals surface area contributed by atoms with E-state index in [2.05, 4.69) is 0 Å². The lowest BCUT2D eigenvalue weighted by Gasteiger charge is -2.11. The lowest BCUT2D eigenvalue weighted by atomic mass is 10.0. The monoisotopic (exact) mass is 400 g/mol. The molecule has 0 saturated heterocycles. The van der Waals surface area contributed by atoms with Crippen molar-refractivity contribution in [1.82, 2.24) is 9.13 Å². The maximum absolute atomic E-state index is 12.0. The average molecular weight is 402 g/mol. The molecule has 1 aromatic heterocycles. The van der Waals surface area contributed by atoms with Crippen LogP contribution >= 0.6 is 46.4 Å². The maximum Gasteiger partial charge on any atom is 0.332 e. The molecular formula is C17H12Cl4N2O. The van der Waals surface area contributed by atoms with Gasteiger partial charge >= 0.3 is 5.69 Å². The molecule has 1 heterocycles. The first-order valence-electron chi connectivity index (χ1n) is 7.03. The highest BCUT2D eigenvalue weighted by Crippen LogP contribution is 2.38. The van der Waals surface area contributed by atoms with Gasteiger partial charge in [0.05, 0.1) is 25.8 Å². The molecule has 0 aliphatic heterocycles. The van der Waals surface area contributed by atoms with E-state index in [1.807, 2.05) is 24.3 Å². The zero-order chi connectivity index (χ0) is 17.4. The Morgan fingerprint density at radius 2 is 1.50 bits per heavy atom. The van der Waals surface area contributed by atoms with Crippen LogP contribution in [0, 0.1) is 0 Å². The number of halogens is 4. The van der Waals surface area contributed by atoms with E-state index in [-0.39, 0.29) is 5.69 Å². The molecule has 0 aliphatic carbocycles. The third-order valence-corrected chi connectivity index (χ3v) is 5.40. The summed E-state index contributed by atoms with van der Waals surface area (Å²) in [5.74, 6) is 0. The van der Waals surface area contributed by atoms with Crippen LogP contribution in [0.4, 0.5) is 0 Å².